The number of nitrogens with one attached hydrogen (secondary N) is 1. The lowest BCUT2D eigenvalue weighted by Gasteiger charge is -2.18. The van der Waals surface area contributed by atoms with Gasteiger partial charge in [0.25, 0.3) is 0 Å². The average molecular weight is 325 g/mol. The van der Waals surface area contributed by atoms with Gasteiger partial charge in [0, 0.05) is 13.0 Å². The third-order valence-corrected chi connectivity index (χ3v) is 3.76. The molecule has 130 valence electrons. The van der Waals surface area contributed by atoms with E-state index in [0.29, 0.717) is 25.0 Å². The largest absolute Gasteiger partial charge is 0.495 e. The van der Waals surface area contributed by atoms with Crippen LogP contribution in [0.4, 0.5) is 8.78 Å². The second kappa shape index (κ2) is 9.66. The highest BCUT2D eigenvalue weighted by Gasteiger charge is 2.19. The maximum atomic E-state index is 14.1. The number of likely N-dealkylation sites (N-methyl/N-ethyl adjacent to an activating group) is 1. The van der Waals surface area contributed by atoms with Crippen molar-refractivity contribution in [3.8, 4) is 0 Å². The van der Waals surface area contributed by atoms with Crippen LogP contribution in [-0.4, -0.2) is 19.2 Å². The van der Waals surface area contributed by atoms with E-state index in [1.807, 2.05) is 40.7 Å². The SMILES string of the molecule is CCNCC(/C=C(\CC)OC(C)C)=C(/C)C1=C(F)C(F)=CCC1. The van der Waals surface area contributed by atoms with Gasteiger partial charge in [-0.15, -0.1) is 0 Å². The fourth-order valence-electron chi connectivity index (χ4n) is 2.50. The first-order valence-corrected chi connectivity index (χ1v) is 8.43. The molecule has 1 aliphatic rings. The van der Waals surface area contributed by atoms with Gasteiger partial charge < -0.3 is 10.1 Å². The summed E-state index contributed by atoms with van der Waals surface area (Å²) in [4.78, 5) is 0. The summed E-state index contributed by atoms with van der Waals surface area (Å²) in [6.45, 7) is 11.3. The number of allylic oxidation sites excluding steroid dienone is 6. The molecule has 0 spiro atoms. The molecule has 0 aliphatic heterocycles. The second-order valence-corrected chi connectivity index (χ2v) is 5.94. The Kier molecular flexibility index (Phi) is 8.24. The van der Waals surface area contributed by atoms with Crippen LogP contribution in [0.5, 0.6) is 0 Å². The number of ether oxygens (including phenoxy) is 1. The number of rotatable bonds is 8. The van der Waals surface area contributed by atoms with Gasteiger partial charge in [-0.2, -0.15) is 0 Å². The van der Waals surface area contributed by atoms with Crippen LogP contribution in [0.1, 0.15) is 53.9 Å². The van der Waals surface area contributed by atoms with E-state index >= 15 is 0 Å². The van der Waals surface area contributed by atoms with Crippen molar-refractivity contribution < 1.29 is 13.5 Å². The van der Waals surface area contributed by atoms with Gasteiger partial charge >= 0.3 is 0 Å². The fourth-order valence-corrected chi connectivity index (χ4v) is 2.50. The molecule has 0 aromatic heterocycles. The van der Waals surface area contributed by atoms with E-state index in [1.54, 1.807) is 0 Å². The lowest BCUT2D eigenvalue weighted by Crippen LogP contribution is -2.17. The summed E-state index contributed by atoms with van der Waals surface area (Å²) >= 11 is 0. The van der Waals surface area contributed by atoms with Crippen LogP contribution in [0.2, 0.25) is 0 Å². The van der Waals surface area contributed by atoms with Crippen molar-refractivity contribution >= 4 is 0 Å². The first-order chi connectivity index (χ1) is 10.9. The Morgan fingerprint density at radius 2 is 2.04 bits per heavy atom. The van der Waals surface area contributed by atoms with E-state index < -0.39 is 11.7 Å². The van der Waals surface area contributed by atoms with Gasteiger partial charge in [-0.25, -0.2) is 8.78 Å². The average Bonchev–Trinajstić information content (AvgIpc) is 2.51. The van der Waals surface area contributed by atoms with Gasteiger partial charge in [-0.1, -0.05) is 13.8 Å². The molecule has 0 bridgehead atoms. The van der Waals surface area contributed by atoms with Gasteiger partial charge in [0.05, 0.1) is 11.9 Å². The molecule has 0 amide bonds. The maximum absolute atomic E-state index is 14.1. The minimum absolute atomic E-state index is 0.0906. The van der Waals surface area contributed by atoms with Crippen LogP contribution < -0.4 is 5.32 Å². The molecule has 0 unspecified atom stereocenters. The summed E-state index contributed by atoms with van der Waals surface area (Å²) in [5.74, 6) is -0.606. The summed E-state index contributed by atoms with van der Waals surface area (Å²) in [6.07, 6.45) is 5.19. The van der Waals surface area contributed by atoms with Crippen LogP contribution in [0.15, 0.2) is 46.3 Å². The van der Waals surface area contributed by atoms with Crippen LogP contribution in [0, 0.1) is 0 Å². The van der Waals surface area contributed by atoms with E-state index in [2.05, 4.69) is 5.32 Å². The number of hydrogen-bond acceptors (Lipinski definition) is 2. The van der Waals surface area contributed by atoms with Gasteiger partial charge in [0.1, 0.15) is 0 Å². The summed E-state index contributed by atoms with van der Waals surface area (Å²) in [5, 5.41) is 3.27. The highest BCUT2D eigenvalue weighted by Crippen LogP contribution is 2.33. The van der Waals surface area contributed by atoms with Crippen LogP contribution in [0.25, 0.3) is 0 Å². The number of halogens is 2. The molecule has 4 heteroatoms. The Bertz CT molecular complexity index is 527. The quantitative estimate of drug-likeness (QED) is 0.470. The van der Waals surface area contributed by atoms with E-state index in [9.17, 15) is 8.78 Å². The molecular formula is C19H29F2NO. The van der Waals surface area contributed by atoms with Gasteiger partial charge in [-0.3, -0.25) is 0 Å². The molecule has 0 saturated carbocycles. The van der Waals surface area contributed by atoms with Crippen LogP contribution in [-0.2, 0) is 4.74 Å². The van der Waals surface area contributed by atoms with Gasteiger partial charge in [0.15, 0.2) is 11.7 Å². The molecular weight excluding hydrogens is 296 g/mol. The second-order valence-electron chi connectivity index (χ2n) is 5.94. The fraction of sp³-hybridized carbons (Fsp3) is 0.579. The van der Waals surface area contributed by atoms with Crippen LogP contribution >= 0.6 is 0 Å². The predicted molar refractivity (Wildman–Crippen MR) is 92.4 cm³/mol. The number of hydrogen-bond donors (Lipinski definition) is 1. The summed E-state index contributed by atoms with van der Waals surface area (Å²) in [7, 11) is 0. The van der Waals surface area contributed by atoms with Gasteiger partial charge in [-0.05, 0) is 69.0 Å². The molecule has 1 aliphatic carbocycles. The molecule has 0 aromatic carbocycles. The normalized spacial score (nSPS) is 17.4. The van der Waals surface area contributed by atoms with E-state index in [0.717, 1.165) is 29.9 Å². The summed E-state index contributed by atoms with van der Waals surface area (Å²) < 4.78 is 33.5. The third-order valence-electron chi connectivity index (χ3n) is 3.76. The minimum Gasteiger partial charge on any atom is -0.495 e. The molecule has 0 heterocycles. The Hall–Kier alpha value is -1.42. The van der Waals surface area contributed by atoms with Crippen molar-refractivity contribution in [1.29, 1.82) is 0 Å². The lowest BCUT2D eigenvalue weighted by molar-refractivity contribution is 0.141. The molecule has 0 fully saturated rings. The van der Waals surface area contributed by atoms with E-state index in [1.165, 1.54) is 6.08 Å². The van der Waals surface area contributed by atoms with E-state index in [-0.39, 0.29) is 6.10 Å². The van der Waals surface area contributed by atoms with E-state index in [4.69, 9.17) is 4.74 Å². The molecule has 0 saturated heterocycles. The molecule has 2 nitrogen and oxygen atoms in total. The van der Waals surface area contributed by atoms with Crippen molar-refractivity contribution in [3.05, 3.63) is 46.3 Å². The van der Waals surface area contributed by atoms with Gasteiger partial charge in [0.2, 0.25) is 0 Å². The van der Waals surface area contributed by atoms with Crippen molar-refractivity contribution in [1.82, 2.24) is 5.32 Å². The molecule has 0 atom stereocenters. The van der Waals surface area contributed by atoms with Crippen molar-refractivity contribution in [2.75, 3.05) is 13.1 Å². The minimum atomic E-state index is -0.744. The van der Waals surface area contributed by atoms with Crippen molar-refractivity contribution in [2.45, 2.75) is 60.0 Å². The Morgan fingerprint density at radius 3 is 2.61 bits per heavy atom. The van der Waals surface area contributed by atoms with Crippen molar-refractivity contribution in [3.63, 3.8) is 0 Å². The zero-order chi connectivity index (χ0) is 17.4. The summed E-state index contributed by atoms with van der Waals surface area (Å²) in [5.41, 5.74) is 2.21. The zero-order valence-corrected chi connectivity index (χ0v) is 14.9. The first kappa shape index (κ1) is 19.6. The molecule has 1 N–H and O–H groups in total. The lowest BCUT2D eigenvalue weighted by atomic mass is 9.93. The molecule has 0 aromatic rings. The van der Waals surface area contributed by atoms with Crippen molar-refractivity contribution in [2.24, 2.45) is 0 Å². The Morgan fingerprint density at radius 1 is 1.35 bits per heavy atom. The smallest absolute Gasteiger partial charge is 0.161 e. The molecule has 23 heavy (non-hydrogen) atoms. The predicted octanol–water partition coefficient (Wildman–Crippen LogP) is 5.50. The zero-order valence-electron chi connectivity index (χ0n) is 14.9. The highest BCUT2D eigenvalue weighted by molar-refractivity contribution is 5.46. The third kappa shape index (κ3) is 5.94. The topological polar surface area (TPSA) is 21.3 Å². The monoisotopic (exact) mass is 325 g/mol. The first-order valence-electron chi connectivity index (χ1n) is 8.43. The Labute approximate surface area is 139 Å². The standard InChI is InChI=1S/C19H29F2NO/c1-6-16(23-13(3)4)11-15(12-22-7-2)14(5)17-9-8-10-18(20)19(17)21/h10-11,13,22H,6-9,12H2,1-5H3/b15-14-,16-11+. The van der Waals surface area contributed by atoms with Crippen LogP contribution in [0.3, 0.4) is 0 Å². The molecule has 0 radical (unpaired) electrons. The maximum Gasteiger partial charge on any atom is 0.161 e. The summed E-state index contributed by atoms with van der Waals surface area (Å²) in [6, 6.07) is 0. The molecule has 1 rings (SSSR count). The highest BCUT2D eigenvalue weighted by atomic mass is 19.2. The Balaban J connectivity index is 3.24.